The SMILES string of the molecule is OB(O)c1ccc2scc(F)c2c1O. The Morgan fingerprint density at radius 3 is 2.64 bits per heavy atom. The molecule has 0 atom stereocenters. The van der Waals surface area contributed by atoms with Crippen molar-refractivity contribution in [3.8, 4) is 5.75 Å². The van der Waals surface area contributed by atoms with Crippen LogP contribution < -0.4 is 5.46 Å². The van der Waals surface area contributed by atoms with E-state index in [4.69, 9.17) is 10.0 Å². The van der Waals surface area contributed by atoms with Crippen LogP contribution in [0.2, 0.25) is 0 Å². The van der Waals surface area contributed by atoms with Gasteiger partial charge in [-0.05, 0) is 6.07 Å². The summed E-state index contributed by atoms with van der Waals surface area (Å²) in [4.78, 5) is 0. The fraction of sp³-hybridized carbons (Fsp3) is 0. The van der Waals surface area contributed by atoms with Gasteiger partial charge in [0.25, 0.3) is 0 Å². The number of phenolic OH excluding ortho intramolecular Hbond substituents is 1. The molecule has 1 heterocycles. The summed E-state index contributed by atoms with van der Waals surface area (Å²) in [6, 6.07) is 2.90. The number of hydrogen-bond acceptors (Lipinski definition) is 4. The number of phenols is 1. The molecule has 3 N–H and O–H groups in total. The second kappa shape index (κ2) is 3.23. The number of hydrogen-bond donors (Lipinski definition) is 3. The first-order valence-electron chi connectivity index (χ1n) is 3.86. The minimum absolute atomic E-state index is 0.0422. The van der Waals surface area contributed by atoms with Gasteiger partial charge in [-0.15, -0.1) is 11.3 Å². The predicted molar refractivity (Wildman–Crippen MR) is 53.3 cm³/mol. The van der Waals surface area contributed by atoms with Gasteiger partial charge in [0.2, 0.25) is 0 Å². The minimum Gasteiger partial charge on any atom is -0.508 e. The van der Waals surface area contributed by atoms with Crippen molar-refractivity contribution in [2.24, 2.45) is 0 Å². The third kappa shape index (κ3) is 1.28. The third-order valence-electron chi connectivity index (χ3n) is 1.98. The average molecular weight is 212 g/mol. The highest BCUT2D eigenvalue weighted by Crippen LogP contribution is 2.30. The maximum Gasteiger partial charge on any atom is 0.492 e. The first-order chi connectivity index (χ1) is 6.61. The summed E-state index contributed by atoms with van der Waals surface area (Å²) in [5, 5.41) is 28.6. The monoisotopic (exact) mass is 212 g/mol. The van der Waals surface area contributed by atoms with Crippen LogP contribution >= 0.6 is 11.3 Å². The van der Waals surface area contributed by atoms with Gasteiger partial charge in [0, 0.05) is 15.5 Å². The molecule has 0 fully saturated rings. The molecule has 0 radical (unpaired) electrons. The zero-order valence-corrected chi connectivity index (χ0v) is 7.75. The van der Waals surface area contributed by atoms with E-state index in [2.05, 4.69) is 0 Å². The van der Waals surface area contributed by atoms with Crippen LogP contribution in [0, 0.1) is 5.82 Å². The molecule has 2 aromatic rings. The average Bonchev–Trinajstić information content (AvgIpc) is 2.48. The van der Waals surface area contributed by atoms with Crippen LogP contribution in [0.1, 0.15) is 0 Å². The highest BCUT2D eigenvalue weighted by molar-refractivity contribution is 7.17. The molecule has 6 heteroatoms. The number of halogens is 1. The van der Waals surface area contributed by atoms with Crippen molar-refractivity contribution in [2.75, 3.05) is 0 Å². The van der Waals surface area contributed by atoms with Gasteiger partial charge in [-0.2, -0.15) is 0 Å². The molecule has 0 aliphatic heterocycles. The summed E-state index contributed by atoms with van der Waals surface area (Å²) in [6.45, 7) is 0. The molecule has 72 valence electrons. The lowest BCUT2D eigenvalue weighted by molar-refractivity contribution is 0.420. The topological polar surface area (TPSA) is 60.7 Å². The molecule has 14 heavy (non-hydrogen) atoms. The van der Waals surface area contributed by atoms with Crippen LogP contribution in [0.25, 0.3) is 10.1 Å². The highest BCUT2D eigenvalue weighted by atomic mass is 32.1. The van der Waals surface area contributed by atoms with E-state index < -0.39 is 18.7 Å². The molecule has 0 saturated heterocycles. The molecule has 0 aliphatic rings. The molecule has 0 bridgehead atoms. The van der Waals surface area contributed by atoms with Gasteiger partial charge >= 0.3 is 7.12 Å². The lowest BCUT2D eigenvalue weighted by atomic mass is 9.79. The number of benzene rings is 1. The van der Waals surface area contributed by atoms with E-state index in [1.165, 1.54) is 17.5 Å². The lowest BCUT2D eigenvalue weighted by Gasteiger charge is -2.03. The van der Waals surface area contributed by atoms with E-state index >= 15 is 0 Å². The van der Waals surface area contributed by atoms with Gasteiger partial charge in [-0.25, -0.2) is 4.39 Å². The minimum atomic E-state index is -1.79. The van der Waals surface area contributed by atoms with E-state index in [0.717, 1.165) is 11.3 Å². The number of fused-ring (bicyclic) bond motifs is 1. The van der Waals surface area contributed by atoms with Crippen LogP contribution in [0.3, 0.4) is 0 Å². The Bertz CT molecular complexity index is 483. The smallest absolute Gasteiger partial charge is 0.492 e. The second-order valence-corrected chi connectivity index (χ2v) is 3.75. The van der Waals surface area contributed by atoms with E-state index in [-0.39, 0.29) is 10.8 Å². The van der Waals surface area contributed by atoms with Crippen LogP contribution in [0.5, 0.6) is 5.75 Å². The van der Waals surface area contributed by atoms with Gasteiger partial charge in [0.05, 0.1) is 5.39 Å². The molecule has 0 amide bonds. The normalized spacial score (nSPS) is 10.8. The Morgan fingerprint density at radius 1 is 1.29 bits per heavy atom. The molecule has 0 aliphatic carbocycles. The summed E-state index contributed by atoms with van der Waals surface area (Å²) in [6.07, 6.45) is 0. The predicted octanol–water partition coefficient (Wildman–Crippen LogP) is 0.426. The standard InChI is InChI=1S/C8H6BFO3S/c10-5-3-14-6-2-1-4(9(12)13)8(11)7(5)6/h1-3,11-13H. The molecule has 2 rings (SSSR count). The van der Waals surface area contributed by atoms with Crippen LogP contribution in [-0.2, 0) is 0 Å². The summed E-state index contributed by atoms with van der Waals surface area (Å²) in [5.74, 6) is -0.957. The highest BCUT2D eigenvalue weighted by Gasteiger charge is 2.20. The van der Waals surface area contributed by atoms with Crippen LogP contribution in [-0.4, -0.2) is 22.3 Å². The lowest BCUT2D eigenvalue weighted by Crippen LogP contribution is -2.29. The molecule has 0 saturated carbocycles. The van der Waals surface area contributed by atoms with Gasteiger partial charge in [-0.3, -0.25) is 0 Å². The van der Waals surface area contributed by atoms with Crippen LogP contribution in [0.4, 0.5) is 4.39 Å². The summed E-state index contributed by atoms with van der Waals surface area (Å²) >= 11 is 1.15. The first kappa shape index (κ1) is 9.45. The largest absolute Gasteiger partial charge is 0.508 e. The van der Waals surface area contributed by atoms with Crippen molar-refractivity contribution in [1.29, 1.82) is 0 Å². The van der Waals surface area contributed by atoms with E-state index in [9.17, 15) is 9.50 Å². The van der Waals surface area contributed by atoms with Crippen molar-refractivity contribution in [2.45, 2.75) is 0 Å². The second-order valence-electron chi connectivity index (χ2n) is 2.83. The van der Waals surface area contributed by atoms with Gasteiger partial charge in [0.1, 0.15) is 11.6 Å². The maximum atomic E-state index is 13.1. The molecule has 3 nitrogen and oxygen atoms in total. The number of thiophene rings is 1. The molecule has 1 aromatic heterocycles. The van der Waals surface area contributed by atoms with Gasteiger partial charge < -0.3 is 15.2 Å². The van der Waals surface area contributed by atoms with E-state index in [1.807, 2.05) is 0 Å². The third-order valence-corrected chi connectivity index (χ3v) is 2.90. The van der Waals surface area contributed by atoms with Crippen molar-refractivity contribution < 1.29 is 19.5 Å². The summed E-state index contributed by atoms with van der Waals surface area (Å²) in [5.41, 5.74) is -0.0881. The van der Waals surface area contributed by atoms with Crippen molar-refractivity contribution in [3.05, 3.63) is 23.3 Å². The Hall–Kier alpha value is -1.11. The molecular weight excluding hydrogens is 206 g/mol. The first-order valence-corrected chi connectivity index (χ1v) is 4.74. The fourth-order valence-corrected chi connectivity index (χ4v) is 2.11. The van der Waals surface area contributed by atoms with Crippen molar-refractivity contribution in [3.63, 3.8) is 0 Å². The molecule has 0 unspecified atom stereocenters. The zero-order chi connectivity index (χ0) is 10.3. The maximum absolute atomic E-state index is 13.1. The Kier molecular flexibility index (Phi) is 2.18. The van der Waals surface area contributed by atoms with Gasteiger partial charge in [0.15, 0.2) is 0 Å². The van der Waals surface area contributed by atoms with E-state index in [0.29, 0.717) is 4.70 Å². The Morgan fingerprint density at radius 2 is 2.00 bits per heavy atom. The molecule has 1 aromatic carbocycles. The van der Waals surface area contributed by atoms with Crippen LogP contribution in [0.15, 0.2) is 17.5 Å². The Balaban J connectivity index is 2.79. The van der Waals surface area contributed by atoms with Crippen molar-refractivity contribution >= 4 is 34.0 Å². The summed E-state index contributed by atoms with van der Waals surface area (Å²) < 4.78 is 13.7. The van der Waals surface area contributed by atoms with Crippen molar-refractivity contribution in [1.82, 2.24) is 0 Å². The fourth-order valence-electron chi connectivity index (χ4n) is 1.30. The number of aromatic hydroxyl groups is 1. The molecule has 0 spiro atoms. The molecular formula is C8H6BFO3S. The Labute approximate surface area is 83.2 Å². The number of rotatable bonds is 1. The summed E-state index contributed by atoms with van der Waals surface area (Å²) in [7, 11) is -1.79. The van der Waals surface area contributed by atoms with Gasteiger partial charge in [-0.1, -0.05) is 6.07 Å². The quantitative estimate of drug-likeness (QED) is 0.600. The zero-order valence-electron chi connectivity index (χ0n) is 6.94. The van der Waals surface area contributed by atoms with E-state index in [1.54, 1.807) is 0 Å².